The molecule has 6 aromatic heterocycles. The van der Waals surface area contributed by atoms with Crippen LogP contribution in [0, 0.1) is 57.3 Å². The first kappa shape index (κ1) is 79.8. The second-order valence-electron chi connectivity index (χ2n) is 35.6. The van der Waals surface area contributed by atoms with E-state index in [1.807, 2.05) is 6.07 Å². The van der Waals surface area contributed by atoms with E-state index in [-0.39, 0.29) is 0 Å². The molecular weight excluding hydrogens is 1630 g/mol. The molecule has 630 valence electrons. The maximum absolute atomic E-state index is 12.0. The molecule has 24 aromatic rings. The smallest absolute Gasteiger partial charge is 0.0993 e. The second-order valence-corrected chi connectivity index (χ2v) is 35.6. The van der Waals surface area contributed by atoms with Crippen molar-refractivity contribution in [3.05, 3.63) is 469 Å². The molecule has 24 rings (SSSR count). The predicted molar refractivity (Wildman–Crippen MR) is 556 cm³/mol. The van der Waals surface area contributed by atoms with Gasteiger partial charge in [-0.2, -0.15) is 10.5 Å². The van der Waals surface area contributed by atoms with Crippen molar-refractivity contribution in [3.8, 4) is 147 Å². The van der Waals surface area contributed by atoms with Gasteiger partial charge in [-0.15, -0.1) is 0 Å². The number of nitrogens with zero attached hydrogens (tertiary/aromatic N) is 8. The fraction of sp³-hybridized carbons (Fsp3) is 0.0476. The summed E-state index contributed by atoms with van der Waals surface area (Å²) in [6.45, 7) is 10.9. The average Bonchev–Trinajstić information content (AvgIpc) is 1.55. The molecular formula is C126H86N8. The summed E-state index contributed by atoms with van der Waals surface area (Å²) >= 11 is 0. The molecule has 0 fully saturated rings. The third kappa shape index (κ3) is 13.5. The minimum Gasteiger partial charge on any atom is -0.308 e. The summed E-state index contributed by atoms with van der Waals surface area (Å²) in [5.41, 5.74) is 40.7. The van der Waals surface area contributed by atoms with Crippen molar-refractivity contribution in [1.29, 1.82) is 10.5 Å². The van der Waals surface area contributed by atoms with Crippen LogP contribution in [0.5, 0.6) is 0 Å². The first-order valence-corrected chi connectivity index (χ1v) is 45.8. The lowest BCUT2D eigenvalue weighted by Gasteiger charge is -2.21. The highest BCUT2D eigenvalue weighted by Gasteiger charge is 2.31. The Labute approximate surface area is 777 Å². The van der Waals surface area contributed by atoms with E-state index in [4.69, 9.17) is 9.97 Å². The fourth-order valence-electron chi connectivity index (χ4n) is 21.2. The van der Waals surface area contributed by atoms with Gasteiger partial charge in [-0.25, -0.2) is 9.97 Å². The number of fused-ring (bicyclic) bond motifs is 12. The van der Waals surface area contributed by atoms with Crippen LogP contribution in [0.3, 0.4) is 0 Å². The number of nitriles is 2. The lowest BCUT2D eigenvalue weighted by Crippen LogP contribution is -2.06. The Hall–Kier alpha value is -17.6. The molecule has 6 heterocycles. The number of aryl methyl sites for hydroxylation is 5. The Morgan fingerprint density at radius 1 is 0.224 bits per heavy atom. The normalized spacial score (nSPS) is 11.6. The molecule has 0 aliphatic heterocycles. The van der Waals surface area contributed by atoms with Gasteiger partial charge < -0.3 is 18.3 Å². The molecule has 8 nitrogen and oxygen atoms in total. The van der Waals surface area contributed by atoms with Crippen LogP contribution in [-0.2, 0) is 6.42 Å². The Balaban J connectivity index is 0.737. The molecule has 0 aliphatic carbocycles. The summed E-state index contributed by atoms with van der Waals surface area (Å²) in [5.74, 6) is 0. The van der Waals surface area contributed by atoms with E-state index in [0.29, 0.717) is 17.5 Å². The third-order valence-corrected chi connectivity index (χ3v) is 27.5. The minimum absolute atomic E-state index is 0.499. The van der Waals surface area contributed by atoms with Crippen LogP contribution in [0.2, 0.25) is 0 Å². The maximum atomic E-state index is 12.0. The first-order valence-electron chi connectivity index (χ1n) is 45.8. The van der Waals surface area contributed by atoms with E-state index in [1.165, 1.54) is 33.4 Å². The number of pyridine rings is 2. The van der Waals surface area contributed by atoms with Gasteiger partial charge in [0, 0.05) is 65.3 Å². The molecule has 0 saturated carbocycles. The summed E-state index contributed by atoms with van der Waals surface area (Å²) in [7, 11) is 0. The third-order valence-electron chi connectivity index (χ3n) is 27.5. The van der Waals surface area contributed by atoms with Gasteiger partial charge in [-0.1, -0.05) is 309 Å². The standard InChI is InChI=1S/C126H86N8/c1-78-28-24-38-88(64-78)90-52-57-102-100-44-20-22-50-112(100)133(118(102)74-90)122-69-85(77-128)70-123(126(122)111-49-27-47-109(130-111)87-36-10-7-11-37-87)134-113-51-23-21-45-101(113)103-58-53-91(75-119(103)134)89-39-25-33-83(65-89)66-106-99(98-43-19-15-32-82(98)5)59-63-117-124(106)107-73-94(97-42-18-14-31-81(97)4)56-62-116(107)132(117)121-68-84(76-127)67-120(125(121)110-48-26-46-108(129-110)86-34-8-6-9-35-86)131-114-60-54-92(95-40-16-12-29-79(95)2)71-104(114)105-72-93(55-61-115(105)131)96-41-17-13-30-80(96)3/h6-65,67-75H,66H2,1-5H3. The quantitative estimate of drug-likeness (QED) is 0.0963. The lowest BCUT2D eigenvalue weighted by atomic mass is 9.88. The number of hydrogen-bond donors (Lipinski definition) is 0. The summed E-state index contributed by atoms with van der Waals surface area (Å²) in [4.78, 5) is 11.5. The summed E-state index contributed by atoms with van der Waals surface area (Å²) < 4.78 is 9.61. The summed E-state index contributed by atoms with van der Waals surface area (Å²) in [5, 5.41) is 32.3. The van der Waals surface area contributed by atoms with Crippen molar-refractivity contribution in [2.24, 2.45) is 0 Å². The molecule has 8 heteroatoms. The number of benzene rings is 18. The molecule has 0 amide bonds. The van der Waals surface area contributed by atoms with E-state index < -0.39 is 0 Å². The monoisotopic (exact) mass is 1710 g/mol. The first-order chi connectivity index (χ1) is 65.9. The van der Waals surface area contributed by atoms with Crippen molar-refractivity contribution < 1.29 is 0 Å². The van der Waals surface area contributed by atoms with E-state index in [9.17, 15) is 10.5 Å². The van der Waals surface area contributed by atoms with Crippen molar-refractivity contribution in [2.75, 3.05) is 0 Å². The molecule has 0 aliphatic rings. The Morgan fingerprint density at radius 2 is 0.567 bits per heavy atom. The highest BCUT2D eigenvalue weighted by Crippen LogP contribution is 2.51. The lowest BCUT2D eigenvalue weighted by molar-refractivity contribution is 1.12. The fourth-order valence-corrected chi connectivity index (χ4v) is 21.2. The van der Waals surface area contributed by atoms with Gasteiger partial charge in [-0.3, -0.25) is 0 Å². The van der Waals surface area contributed by atoms with Crippen LogP contribution in [0.1, 0.15) is 50.1 Å². The number of hydrogen-bond acceptors (Lipinski definition) is 4. The average molecular weight is 1710 g/mol. The van der Waals surface area contributed by atoms with Gasteiger partial charge in [0.2, 0.25) is 0 Å². The predicted octanol–water partition coefficient (Wildman–Crippen LogP) is 32.4. The maximum Gasteiger partial charge on any atom is 0.0993 e. The van der Waals surface area contributed by atoms with Gasteiger partial charge >= 0.3 is 0 Å². The van der Waals surface area contributed by atoms with Gasteiger partial charge in [0.25, 0.3) is 0 Å². The molecule has 134 heavy (non-hydrogen) atoms. The van der Waals surface area contributed by atoms with Crippen LogP contribution < -0.4 is 0 Å². The van der Waals surface area contributed by atoms with Crippen LogP contribution in [0.4, 0.5) is 0 Å². The molecule has 0 spiro atoms. The van der Waals surface area contributed by atoms with Gasteiger partial charge in [0.1, 0.15) is 0 Å². The van der Waals surface area contributed by atoms with E-state index >= 15 is 0 Å². The molecule has 18 aromatic carbocycles. The molecule has 0 unspecified atom stereocenters. The van der Waals surface area contributed by atoms with E-state index in [1.54, 1.807) is 0 Å². The van der Waals surface area contributed by atoms with Crippen LogP contribution in [-0.4, -0.2) is 28.2 Å². The zero-order valence-corrected chi connectivity index (χ0v) is 74.6. The molecule has 0 bridgehead atoms. The molecule has 0 saturated heterocycles. The van der Waals surface area contributed by atoms with Gasteiger partial charge in [0.05, 0.1) is 113 Å². The van der Waals surface area contributed by atoms with Crippen molar-refractivity contribution >= 4 is 87.2 Å². The van der Waals surface area contributed by atoms with Gasteiger partial charge in [0.15, 0.2) is 0 Å². The Morgan fingerprint density at radius 3 is 1.03 bits per heavy atom. The number of para-hydroxylation sites is 2. The van der Waals surface area contributed by atoms with E-state index in [0.717, 1.165) is 227 Å². The minimum atomic E-state index is 0.499. The Bertz CT molecular complexity index is 8970. The number of rotatable bonds is 16. The zero-order valence-electron chi connectivity index (χ0n) is 74.6. The largest absolute Gasteiger partial charge is 0.308 e. The van der Waals surface area contributed by atoms with Crippen LogP contribution in [0.25, 0.3) is 222 Å². The molecule has 0 N–H and O–H groups in total. The van der Waals surface area contributed by atoms with Crippen molar-refractivity contribution in [3.63, 3.8) is 0 Å². The highest BCUT2D eigenvalue weighted by molar-refractivity contribution is 6.18. The topological polar surface area (TPSA) is 93.1 Å². The summed E-state index contributed by atoms with van der Waals surface area (Å²) in [6, 6.07) is 157. The SMILES string of the molecule is Cc1cccc(-c2ccc3c4ccccc4n(-c4cc(C#N)cc(-n5c6ccccc6c6ccc(-c7cccc(Cc8c(-c9ccccc9C)ccc9c8c8cc(-c%10ccccc%10C)ccc8n9-c8cc(C#N)cc(-n9c%10ccc(-c%11ccccc%11C)cc%10c%10cc(-c%11ccccc%11C)ccc%109)c8-c8cccc(-c9ccccc9)n8)c7)cc65)c4-c4cccc(-c5ccccc5)n4)c3c2)c1. The second kappa shape index (κ2) is 32.6. The van der Waals surface area contributed by atoms with Crippen molar-refractivity contribution in [1.82, 2.24) is 28.2 Å². The van der Waals surface area contributed by atoms with Gasteiger partial charge in [-0.05, 0) is 256 Å². The summed E-state index contributed by atoms with van der Waals surface area (Å²) in [6.07, 6.45) is 0.537. The number of aromatic nitrogens is 6. The highest BCUT2D eigenvalue weighted by atomic mass is 15.0. The molecule has 0 radical (unpaired) electrons. The van der Waals surface area contributed by atoms with Crippen LogP contribution in [0.15, 0.2) is 419 Å². The van der Waals surface area contributed by atoms with E-state index in [2.05, 4.69) is 478 Å². The molecule has 0 atom stereocenters. The van der Waals surface area contributed by atoms with Crippen molar-refractivity contribution in [2.45, 2.75) is 41.0 Å². The Kier molecular flexibility index (Phi) is 19.4. The zero-order chi connectivity index (χ0) is 89.9. The van der Waals surface area contributed by atoms with Crippen LogP contribution >= 0.6 is 0 Å².